The van der Waals surface area contributed by atoms with Crippen LogP contribution in [0.25, 0.3) is 0 Å². The third-order valence-electron chi connectivity index (χ3n) is 5.22. The zero-order valence-electron chi connectivity index (χ0n) is 13.9. The maximum atomic E-state index is 12.6. The van der Waals surface area contributed by atoms with Crippen LogP contribution in [0.15, 0.2) is 0 Å². The van der Waals surface area contributed by atoms with Crippen LogP contribution in [0, 0.1) is 5.92 Å². The summed E-state index contributed by atoms with van der Waals surface area (Å²) in [6.45, 7) is 6.31. The molecule has 0 saturated carbocycles. The highest BCUT2D eigenvalue weighted by atomic mass is 32.1. The largest absolute Gasteiger partial charge is 0.365 e. The summed E-state index contributed by atoms with van der Waals surface area (Å²) in [5, 5.41) is 3.65. The van der Waals surface area contributed by atoms with Crippen LogP contribution in [0.5, 0.6) is 0 Å². The fourth-order valence-electron chi connectivity index (χ4n) is 3.88. The Morgan fingerprint density at radius 3 is 2.83 bits per heavy atom. The Bertz CT molecular complexity index is 626. The zero-order valence-corrected chi connectivity index (χ0v) is 14.7. The summed E-state index contributed by atoms with van der Waals surface area (Å²) in [4.78, 5) is 27.0. The van der Waals surface area contributed by atoms with Gasteiger partial charge in [-0.05, 0) is 44.6 Å². The Labute approximate surface area is 141 Å². The second-order valence-electron chi connectivity index (χ2n) is 7.00. The molecule has 3 rings (SSSR count). The zero-order chi connectivity index (χ0) is 16.6. The Morgan fingerprint density at radius 2 is 2.13 bits per heavy atom. The van der Waals surface area contributed by atoms with Gasteiger partial charge in [-0.1, -0.05) is 6.92 Å². The molecule has 0 radical (unpaired) electrons. The van der Waals surface area contributed by atoms with E-state index in [1.807, 2.05) is 6.92 Å². The van der Waals surface area contributed by atoms with Crippen LogP contribution in [0.1, 0.15) is 53.9 Å². The van der Waals surface area contributed by atoms with E-state index in [0.29, 0.717) is 16.5 Å². The summed E-state index contributed by atoms with van der Waals surface area (Å²) in [6, 6.07) is -0.101. The van der Waals surface area contributed by atoms with Crippen molar-refractivity contribution >= 4 is 28.2 Å². The van der Waals surface area contributed by atoms with Gasteiger partial charge >= 0.3 is 0 Å². The lowest BCUT2D eigenvalue weighted by Gasteiger charge is -2.31. The van der Waals surface area contributed by atoms with Crippen molar-refractivity contribution in [3.05, 3.63) is 16.0 Å². The maximum Gasteiger partial charge on any atom is 0.282 e. The number of carbonyl (C=O) groups excluding carboxylic acids is 2. The number of amides is 2. The molecule has 23 heavy (non-hydrogen) atoms. The Hall–Kier alpha value is -1.40. The SMILES string of the molecule is C[C@H]1CCC[NH+]([C@@H](C)C(=O)Nc2sc3c(c2C(N)=O)CCC3)C1. The number of primary amides is 1. The number of nitrogens with one attached hydrogen (secondary N) is 2. The normalized spacial score (nSPS) is 25.0. The molecule has 126 valence electrons. The van der Waals surface area contributed by atoms with Gasteiger partial charge in [0, 0.05) is 10.8 Å². The van der Waals surface area contributed by atoms with Crippen molar-refractivity contribution in [2.75, 3.05) is 18.4 Å². The number of hydrogen-bond acceptors (Lipinski definition) is 3. The minimum absolute atomic E-state index is 0.00322. The van der Waals surface area contributed by atoms with Gasteiger partial charge in [-0.3, -0.25) is 9.59 Å². The van der Waals surface area contributed by atoms with E-state index < -0.39 is 5.91 Å². The molecular formula is C17H26N3O2S+. The summed E-state index contributed by atoms with van der Waals surface area (Å²) >= 11 is 1.53. The number of fused-ring (bicyclic) bond motifs is 1. The first-order valence-corrected chi connectivity index (χ1v) is 9.38. The first-order chi connectivity index (χ1) is 11.0. The molecule has 2 amide bonds. The molecule has 2 aliphatic rings. The number of rotatable bonds is 4. The standard InChI is InChI=1S/C17H25N3O2S/c1-10-5-4-8-20(9-10)11(2)16(22)19-17-14(15(18)21)12-6-3-7-13(12)23-17/h10-11H,3-9H2,1-2H3,(H2,18,21)(H,19,22)/p+1/t10-,11-/m0/s1. The van der Waals surface area contributed by atoms with Gasteiger partial charge in [0.2, 0.25) is 0 Å². The first kappa shape index (κ1) is 16.5. The second-order valence-corrected chi connectivity index (χ2v) is 8.10. The van der Waals surface area contributed by atoms with Gasteiger partial charge in [0.25, 0.3) is 11.8 Å². The highest BCUT2D eigenvalue weighted by molar-refractivity contribution is 7.17. The molecule has 4 N–H and O–H groups in total. The quantitative estimate of drug-likeness (QED) is 0.766. The van der Waals surface area contributed by atoms with Gasteiger partial charge in [0.05, 0.1) is 18.7 Å². The van der Waals surface area contributed by atoms with Crippen molar-refractivity contribution < 1.29 is 14.5 Å². The molecular weight excluding hydrogens is 310 g/mol. The number of piperidine rings is 1. The highest BCUT2D eigenvalue weighted by Crippen LogP contribution is 2.38. The van der Waals surface area contributed by atoms with Crippen LogP contribution in [0.2, 0.25) is 0 Å². The molecule has 1 unspecified atom stereocenters. The van der Waals surface area contributed by atoms with E-state index in [2.05, 4.69) is 12.2 Å². The van der Waals surface area contributed by atoms with Crippen LogP contribution in [-0.2, 0) is 17.6 Å². The van der Waals surface area contributed by atoms with E-state index in [-0.39, 0.29) is 11.9 Å². The average molecular weight is 336 g/mol. The number of carbonyl (C=O) groups is 2. The van der Waals surface area contributed by atoms with Crippen molar-refractivity contribution in [3.8, 4) is 0 Å². The molecule has 5 nitrogen and oxygen atoms in total. The molecule has 1 aliphatic carbocycles. The Kier molecular flexibility index (Phi) is 4.73. The van der Waals surface area contributed by atoms with Crippen molar-refractivity contribution in [1.29, 1.82) is 0 Å². The Balaban J connectivity index is 1.74. The maximum absolute atomic E-state index is 12.6. The number of nitrogens with two attached hydrogens (primary N) is 1. The van der Waals surface area contributed by atoms with E-state index in [9.17, 15) is 9.59 Å². The minimum Gasteiger partial charge on any atom is -0.365 e. The van der Waals surface area contributed by atoms with Gasteiger partial charge in [-0.2, -0.15) is 0 Å². The lowest BCUT2D eigenvalue weighted by molar-refractivity contribution is -0.922. The van der Waals surface area contributed by atoms with Gasteiger partial charge in [-0.25, -0.2) is 0 Å². The molecule has 0 aromatic carbocycles. The van der Waals surface area contributed by atoms with E-state index in [1.165, 1.54) is 34.0 Å². The molecule has 1 aromatic rings. The molecule has 2 heterocycles. The van der Waals surface area contributed by atoms with Crippen molar-refractivity contribution in [2.45, 2.75) is 52.0 Å². The van der Waals surface area contributed by atoms with Crippen LogP contribution >= 0.6 is 11.3 Å². The number of quaternary nitrogens is 1. The molecule has 0 bridgehead atoms. The summed E-state index contributed by atoms with van der Waals surface area (Å²) in [7, 11) is 0. The van der Waals surface area contributed by atoms with E-state index in [0.717, 1.165) is 37.9 Å². The predicted octanol–water partition coefficient (Wildman–Crippen LogP) is 0.978. The van der Waals surface area contributed by atoms with Crippen LogP contribution in [0.4, 0.5) is 5.00 Å². The molecule has 3 atom stereocenters. The van der Waals surface area contributed by atoms with Gasteiger partial charge < -0.3 is 16.0 Å². The third kappa shape index (κ3) is 3.28. The van der Waals surface area contributed by atoms with E-state index >= 15 is 0 Å². The molecule has 1 aromatic heterocycles. The molecule has 0 spiro atoms. The van der Waals surface area contributed by atoms with Gasteiger partial charge in [-0.15, -0.1) is 11.3 Å². The number of hydrogen-bond donors (Lipinski definition) is 3. The fourth-order valence-corrected chi connectivity index (χ4v) is 5.18. The molecule has 1 aliphatic heterocycles. The smallest absolute Gasteiger partial charge is 0.282 e. The topological polar surface area (TPSA) is 76.6 Å². The monoisotopic (exact) mass is 336 g/mol. The number of thiophene rings is 1. The van der Waals surface area contributed by atoms with Gasteiger partial charge in [0.1, 0.15) is 5.00 Å². The fraction of sp³-hybridized carbons (Fsp3) is 0.647. The Morgan fingerprint density at radius 1 is 1.35 bits per heavy atom. The first-order valence-electron chi connectivity index (χ1n) is 8.57. The van der Waals surface area contributed by atoms with Crippen LogP contribution in [0.3, 0.4) is 0 Å². The van der Waals surface area contributed by atoms with Crippen LogP contribution in [-0.4, -0.2) is 30.9 Å². The van der Waals surface area contributed by atoms with E-state index in [4.69, 9.17) is 5.73 Å². The predicted molar refractivity (Wildman–Crippen MR) is 92.0 cm³/mol. The van der Waals surface area contributed by atoms with Crippen molar-refractivity contribution in [2.24, 2.45) is 11.7 Å². The van der Waals surface area contributed by atoms with Crippen molar-refractivity contribution in [3.63, 3.8) is 0 Å². The lowest BCUT2D eigenvalue weighted by Crippen LogP contribution is -3.17. The summed E-state index contributed by atoms with van der Waals surface area (Å²) in [5.74, 6) is 0.239. The summed E-state index contributed by atoms with van der Waals surface area (Å²) in [6.07, 6.45) is 5.38. The minimum atomic E-state index is -0.425. The average Bonchev–Trinajstić information content (AvgIpc) is 3.06. The van der Waals surface area contributed by atoms with Crippen LogP contribution < -0.4 is 16.0 Å². The number of aryl methyl sites for hydroxylation is 1. The molecule has 6 heteroatoms. The second kappa shape index (κ2) is 6.61. The third-order valence-corrected chi connectivity index (χ3v) is 6.42. The van der Waals surface area contributed by atoms with Crippen molar-refractivity contribution in [1.82, 2.24) is 0 Å². The molecule has 1 fully saturated rings. The van der Waals surface area contributed by atoms with E-state index in [1.54, 1.807) is 0 Å². The summed E-state index contributed by atoms with van der Waals surface area (Å²) in [5.41, 5.74) is 7.16. The highest BCUT2D eigenvalue weighted by Gasteiger charge is 2.32. The number of likely N-dealkylation sites (tertiary alicyclic amines) is 1. The lowest BCUT2D eigenvalue weighted by atomic mass is 9.99. The number of anilines is 1. The van der Waals surface area contributed by atoms with Gasteiger partial charge in [0.15, 0.2) is 6.04 Å². The molecule has 1 saturated heterocycles. The summed E-state index contributed by atoms with van der Waals surface area (Å²) < 4.78 is 0.